The molecule has 1 saturated heterocycles. The molecule has 3 unspecified atom stereocenters. The zero-order valence-electron chi connectivity index (χ0n) is 14.1. The van der Waals surface area contributed by atoms with E-state index < -0.39 is 11.8 Å². The molecule has 0 bridgehead atoms. The highest BCUT2D eigenvalue weighted by Gasteiger charge is 2.31. The number of aliphatic imine (C=N–C) groups is 1. The Morgan fingerprint density at radius 3 is 2.96 bits per heavy atom. The molecule has 1 aromatic heterocycles. The van der Waals surface area contributed by atoms with Crippen LogP contribution in [0, 0.1) is 28.6 Å². The third-order valence-electron chi connectivity index (χ3n) is 4.45. The first-order valence-corrected chi connectivity index (χ1v) is 8.14. The Balaban J connectivity index is 2.33. The molecule has 0 radical (unpaired) electrons. The van der Waals surface area contributed by atoms with E-state index >= 15 is 0 Å². The van der Waals surface area contributed by atoms with Crippen LogP contribution in [0.5, 0.6) is 0 Å². The Bertz CT molecular complexity index is 703. The van der Waals surface area contributed by atoms with E-state index in [-0.39, 0.29) is 24.3 Å². The lowest BCUT2D eigenvalue weighted by atomic mass is 9.92. The highest BCUT2D eigenvalue weighted by atomic mass is 16.2. The number of rotatable bonds is 6. The number of H-pyrrole nitrogens is 1. The molecule has 8 heteroatoms. The summed E-state index contributed by atoms with van der Waals surface area (Å²) in [6.07, 6.45) is 3.29. The third-order valence-corrected chi connectivity index (χ3v) is 4.45. The van der Waals surface area contributed by atoms with E-state index in [1.807, 2.05) is 13.0 Å². The summed E-state index contributed by atoms with van der Waals surface area (Å²) in [6.45, 7) is 3.01. The Kier molecular flexibility index (Phi) is 6.06. The molecule has 4 N–H and O–H groups in total. The fraction of sp³-hybridized carbons (Fsp3) is 0.471. The van der Waals surface area contributed by atoms with Gasteiger partial charge in [-0.25, -0.2) is 0 Å². The van der Waals surface area contributed by atoms with Crippen molar-refractivity contribution in [2.24, 2.45) is 22.6 Å². The van der Waals surface area contributed by atoms with E-state index in [9.17, 15) is 9.59 Å². The Labute approximate surface area is 146 Å². The van der Waals surface area contributed by atoms with E-state index in [0.717, 1.165) is 12.6 Å². The Morgan fingerprint density at radius 2 is 2.40 bits per heavy atom. The van der Waals surface area contributed by atoms with Crippen LogP contribution in [0.3, 0.4) is 0 Å². The lowest BCUT2D eigenvalue weighted by Gasteiger charge is -2.35. The smallest absolute Gasteiger partial charge is 0.236 e. The quantitative estimate of drug-likeness (QED) is 0.656. The zero-order valence-corrected chi connectivity index (χ0v) is 14.1. The normalized spacial score (nSPS) is 22.1. The molecule has 1 aromatic rings. The molecule has 1 fully saturated rings. The number of hydrogen-bond donors (Lipinski definition) is 3. The Hall–Kier alpha value is -2.95. The van der Waals surface area contributed by atoms with Crippen molar-refractivity contribution in [1.82, 2.24) is 9.88 Å². The van der Waals surface area contributed by atoms with Crippen molar-refractivity contribution in [2.75, 3.05) is 13.1 Å². The van der Waals surface area contributed by atoms with Crippen molar-refractivity contribution in [1.29, 1.82) is 10.7 Å². The van der Waals surface area contributed by atoms with E-state index in [1.165, 1.54) is 0 Å². The number of nitrogens with zero attached hydrogens (tertiary/aromatic N) is 3. The number of primary amides is 1. The van der Waals surface area contributed by atoms with Crippen molar-refractivity contribution in [3.05, 3.63) is 24.0 Å². The van der Waals surface area contributed by atoms with Gasteiger partial charge < -0.3 is 21.0 Å². The second kappa shape index (κ2) is 8.24. The molecule has 1 aliphatic rings. The standard InChI is InChI=1S/C17H22N6O2/c1-11-5-8-23(15(24)4-6-18)10-14(11)22-16(12(9-19)17(20)25)13-3-2-7-21-13/h2-3,7,9,11-12,14,19,21H,4-5,8,10H2,1H3,(H2,20,25). The third kappa shape index (κ3) is 4.32. The predicted octanol–water partition coefficient (Wildman–Crippen LogP) is 0.706. The van der Waals surface area contributed by atoms with Gasteiger partial charge in [0, 0.05) is 25.5 Å². The van der Waals surface area contributed by atoms with Crippen LogP contribution >= 0.6 is 0 Å². The van der Waals surface area contributed by atoms with Crippen LogP contribution in [0.4, 0.5) is 0 Å². The van der Waals surface area contributed by atoms with Gasteiger partial charge in [-0.15, -0.1) is 0 Å². The van der Waals surface area contributed by atoms with Gasteiger partial charge in [-0.2, -0.15) is 5.26 Å². The number of likely N-dealkylation sites (tertiary alicyclic amines) is 1. The van der Waals surface area contributed by atoms with E-state index in [2.05, 4.69) is 4.98 Å². The summed E-state index contributed by atoms with van der Waals surface area (Å²) < 4.78 is 0. The molecule has 0 aromatic carbocycles. The molecule has 0 aliphatic carbocycles. The number of nitrogens with one attached hydrogen (secondary N) is 2. The van der Waals surface area contributed by atoms with Crippen molar-refractivity contribution in [3.8, 4) is 6.07 Å². The predicted molar refractivity (Wildman–Crippen MR) is 93.2 cm³/mol. The van der Waals surface area contributed by atoms with Crippen LogP contribution in [-0.4, -0.2) is 52.8 Å². The maximum atomic E-state index is 12.0. The number of amides is 2. The van der Waals surface area contributed by atoms with Gasteiger partial charge in [0.15, 0.2) is 0 Å². The summed E-state index contributed by atoms with van der Waals surface area (Å²) in [4.78, 5) is 33.1. The average Bonchev–Trinajstić information content (AvgIpc) is 3.10. The largest absolute Gasteiger partial charge is 0.369 e. The summed E-state index contributed by atoms with van der Waals surface area (Å²) in [5.74, 6) is -1.59. The number of nitrogens with two attached hydrogens (primary N) is 1. The molecule has 25 heavy (non-hydrogen) atoms. The van der Waals surface area contributed by atoms with Gasteiger partial charge in [0.25, 0.3) is 0 Å². The van der Waals surface area contributed by atoms with Crippen molar-refractivity contribution in [2.45, 2.75) is 25.8 Å². The van der Waals surface area contributed by atoms with Gasteiger partial charge in [-0.05, 0) is 24.5 Å². The van der Waals surface area contributed by atoms with E-state index in [1.54, 1.807) is 23.2 Å². The number of nitriles is 1. The fourth-order valence-electron chi connectivity index (χ4n) is 2.90. The minimum Gasteiger partial charge on any atom is -0.369 e. The molecule has 8 nitrogen and oxygen atoms in total. The van der Waals surface area contributed by atoms with Crippen molar-refractivity contribution < 1.29 is 9.59 Å². The van der Waals surface area contributed by atoms with Gasteiger partial charge >= 0.3 is 0 Å². The molecule has 0 spiro atoms. The van der Waals surface area contributed by atoms with Crippen molar-refractivity contribution in [3.63, 3.8) is 0 Å². The van der Waals surface area contributed by atoms with Crippen molar-refractivity contribution >= 4 is 23.7 Å². The van der Waals surface area contributed by atoms with Crippen LogP contribution in [-0.2, 0) is 9.59 Å². The van der Waals surface area contributed by atoms with Gasteiger partial charge in [0.2, 0.25) is 11.8 Å². The SMILES string of the molecule is CC1CCN(C(=O)CC#N)CC1N=C(c1ccc[nH]1)C(C=N)C(N)=O. The van der Waals surface area contributed by atoms with Crippen LogP contribution in [0.15, 0.2) is 23.3 Å². The molecule has 3 atom stereocenters. The molecular weight excluding hydrogens is 320 g/mol. The first-order chi connectivity index (χ1) is 12.0. The van der Waals surface area contributed by atoms with Gasteiger partial charge in [-0.1, -0.05) is 6.92 Å². The summed E-state index contributed by atoms with van der Waals surface area (Å²) in [7, 11) is 0. The number of carbonyl (C=O) groups excluding carboxylic acids is 2. The molecule has 2 rings (SSSR count). The van der Waals surface area contributed by atoms with E-state index in [4.69, 9.17) is 21.4 Å². The topological polar surface area (TPSA) is 139 Å². The highest BCUT2D eigenvalue weighted by Crippen LogP contribution is 2.22. The fourth-order valence-corrected chi connectivity index (χ4v) is 2.90. The maximum absolute atomic E-state index is 12.0. The lowest BCUT2D eigenvalue weighted by Crippen LogP contribution is -2.46. The number of aromatic amines is 1. The monoisotopic (exact) mass is 342 g/mol. The van der Waals surface area contributed by atoms with E-state index in [0.29, 0.717) is 24.5 Å². The summed E-state index contributed by atoms with van der Waals surface area (Å²) >= 11 is 0. The summed E-state index contributed by atoms with van der Waals surface area (Å²) in [6, 6.07) is 5.19. The molecule has 2 amide bonds. The Morgan fingerprint density at radius 1 is 1.64 bits per heavy atom. The first kappa shape index (κ1) is 18.4. The number of piperidine rings is 1. The minimum absolute atomic E-state index is 0.154. The number of aromatic nitrogens is 1. The van der Waals surface area contributed by atoms with Gasteiger partial charge in [-0.3, -0.25) is 14.6 Å². The van der Waals surface area contributed by atoms with Gasteiger partial charge in [0.1, 0.15) is 12.3 Å². The maximum Gasteiger partial charge on any atom is 0.236 e. The highest BCUT2D eigenvalue weighted by molar-refractivity contribution is 6.20. The number of carbonyl (C=O) groups is 2. The van der Waals surface area contributed by atoms with Crippen LogP contribution in [0.25, 0.3) is 0 Å². The number of hydrogen-bond acceptors (Lipinski definition) is 5. The molecule has 1 aliphatic heterocycles. The molecule has 132 valence electrons. The average molecular weight is 342 g/mol. The zero-order chi connectivity index (χ0) is 18.4. The summed E-state index contributed by atoms with van der Waals surface area (Å²) in [5, 5.41) is 16.2. The molecular formula is C17H22N6O2. The van der Waals surface area contributed by atoms with Crippen LogP contribution in [0.2, 0.25) is 0 Å². The lowest BCUT2D eigenvalue weighted by molar-refractivity contribution is -0.131. The minimum atomic E-state index is -0.934. The summed E-state index contributed by atoms with van der Waals surface area (Å²) in [5.41, 5.74) is 6.45. The first-order valence-electron chi connectivity index (χ1n) is 8.14. The molecule has 2 heterocycles. The van der Waals surface area contributed by atoms with Gasteiger partial charge in [0.05, 0.1) is 23.5 Å². The molecule has 0 saturated carbocycles. The second-order valence-electron chi connectivity index (χ2n) is 6.15. The van der Waals surface area contributed by atoms with Crippen LogP contribution < -0.4 is 5.73 Å². The van der Waals surface area contributed by atoms with Crippen LogP contribution in [0.1, 0.15) is 25.5 Å². The second-order valence-corrected chi connectivity index (χ2v) is 6.15.